The summed E-state index contributed by atoms with van der Waals surface area (Å²) in [5, 5.41) is 12.8. The van der Waals surface area contributed by atoms with Crippen LogP contribution >= 0.6 is 0 Å². The third-order valence-electron chi connectivity index (χ3n) is 4.19. The summed E-state index contributed by atoms with van der Waals surface area (Å²) in [5.41, 5.74) is 2.90. The van der Waals surface area contributed by atoms with Crippen molar-refractivity contribution in [1.29, 1.82) is 0 Å². The molecule has 138 valence electrons. The van der Waals surface area contributed by atoms with E-state index in [0.29, 0.717) is 13.1 Å². The van der Waals surface area contributed by atoms with Gasteiger partial charge in [0.05, 0.1) is 31.1 Å². The van der Waals surface area contributed by atoms with E-state index in [1.54, 1.807) is 11.3 Å². The first-order valence-electron chi connectivity index (χ1n) is 8.69. The van der Waals surface area contributed by atoms with Gasteiger partial charge in [-0.25, -0.2) is 5.01 Å². The van der Waals surface area contributed by atoms with Crippen molar-refractivity contribution in [2.75, 3.05) is 0 Å². The fraction of sp³-hybridized carbons (Fsp3) is 0.143. The van der Waals surface area contributed by atoms with E-state index in [0.717, 1.165) is 22.6 Å². The molecular formula is C21H23N5O. The lowest BCUT2D eigenvalue weighted by molar-refractivity contribution is 0.292. The van der Waals surface area contributed by atoms with Crippen LogP contribution in [0.3, 0.4) is 0 Å². The lowest BCUT2D eigenvalue weighted by atomic mass is 10.0. The van der Waals surface area contributed by atoms with Gasteiger partial charge in [-0.1, -0.05) is 72.5 Å². The van der Waals surface area contributed by atoms with Crippen molar-refractivity contribution in [1.82, 2.24) is 10.3 Å². The summed E-state index contributed by atoms with van der Waals surface area (Å²) in [6, 6.07) is 23.7. The molecule has 0 bridgehead atoms. The summed E-state index contributed by atoms with van der Waals surface area (Å²) in [5.74, 6) is 6.20. The van der Waals surface area contributed by atoms with E-state index in [4.69, 9.17) is 10.3 Å². The summed E-state index contributed by atoms with van der Waals surface area (Å²) >= 11 is 0. The molecule has 0 aliphatic carbocycles. The maximum Gasteiger partial charge on any atom is 0.117 e. The highest BCUT2D eigenvalue weighted by atomic mass is 16.3. The number of hydrogen-bond acceptors (Lipinski definition) is 4. The molecule has 1 heterocycles. The second-order valence-corrected chi connectivity index (χ2v) is 6.04. The molecule has 0 amide bonds. The van der Waals surface area contributed by atoms with Gasteiger partial charge >= 0.3 is 0 Å². The molecule has 0 fully saturated rings. The predicted molar refractivity (Wildman–Crippen MR) is 105 cm³/mol. The van der Waals surface area contributed by atoms with Crippen molar-refractivity contribution in [3.8, 4) is 0 Å². The molecule has 1 atom stereocenters. The molecule has 3 aromatic rings. The Bertz CT molecular complexity index is 847. The number of nitrogens with zero attached hydrogens (tertiary/aromatic N) is 3. The summed E-state index contributed by atoms with van der Waals surface area (Å²) in [4.78, 5) is 0. The summed E-state index contributed by atoms with van der Waals surface area (Å²) < 4.78 is 5.44. The lowest BCUT2D eigenvalue weighted by Crippen LogP contribution is -2.29. The van der Waals surface area contributed by atoms with Crippen molar-refractivity contribution in [2.45, 2.75) is 19.1 Å². The molecule has 0 aliphatic rings. The minimum atomic E-state index is -0.175. The Balaban J connectivity index is 1.82. The fourth-order valence-corrected chi connectivity index (χ4v) is 2.85. The number of nitrogens with one attached hydrogen (secondary N) is 1. The van der Waals surface area contributed by atoms with Crippen LogP contribution in [0.15, 0.2) is 106 Å². The highest BCUT2D eigenvalue weighted by molar-refractivity contribution is 5.27. The minimum absolute atomic E-state index is 0.175. The molecular weight excluding hydrogens is 338 g/mol. The topological polar surface area (TPSA) is 79.2 Å². The second-order valence-electron chi connectivity index (χ2n) is 6.04. The monoisotopic (exact) mass is 361 g/mol. The number of hydrogen-bond donors (Lipinski definition) is 2. The number of rotatable bonds is 9. The van der Waals surface area contributed by atoms with Crippen LogP contribution in [0.4, 0.5) is 0 Å². The van der Waals surface area contributed by atoms with E-state index >= 15 is 0 Å². The van der Waals surface area contributed by atoms with Crippen molar-refractivity contribution in [3.63, 3.8) is 0 Å². The van der Waals surface area contributed by atoms with Crippen LogP contribution in [-0.2, 0) is 13.1 Å². The molecule has 0 spiro atoms. The van der Waals surface area contributed by atoms with Gasteiger partial charge in [-0.05, 0) is 28.5 Å². The average molecular weight is 361 g/mol. The molecule has 0 saturated heterocycles. The molecule has 0 saturated carbocycles. The Labute approximate surface area is 159 Å². The molecule has 1 unspecified atom stereocenters. The van der Waals surface area contributed by atoms with Crippen LogP contribution in [0, 0.1) is 0 Å². The van der Waals surface area contributed by atoms with Gasteiger partial charge < -0.3 is 10.3 Å². The second kappa shape index (κ2) is 9.35. The normalized spacial score (nSPS) is 12.1. The zero-order chi connectivity index (χ0) is 18.9. The van der Waals surface area contributed by atoms with E-state index in [2.05, 4.69) is 22.3 Å². The third-order valence-corrected chi connectivity index (χ3v) is 4.19. The number of benzene rings is 2. The van der Waals surface area contributed by atoms with E-state index in [1.165, 1.54) is 0 Å². The van der Waals surface area contributed by atoms with Gasteiger partial charge in [-0.2, -0.15) is 0 Å². The zero-order valence-corrected chi connectivity index (χ0v) is 15.0. The SMILES string of the molecule is C=C(C(NCc1ccco1)c1ccccc1)N(Cc1ccccc1)/N=N\N. The molecule has 1 aromatic heterocycles. The van der Waals surface area contributed by atoms with Crippen molar-refractivity contribution in [2.24, 2.45) is 16.3 Å². The predicted octanol–water partition coefficient (Wildman–Crippen LogP) is 4.37. The smallest absolute Gasteiger partial charge is 0.117 e. The van der Waals surface area contributed by atoms with Gasteiger partial charge in [0, 0.05) is 0 Å². The number of nitrogens with two attached hydrogens (primary N) is 1. The molecule has 6 nitrogen and oxygen atoms in total. The van der Waals surface area contributed by atoms with Crippen molar-refractivity contribution >= 4 is 0 Å². The van der Waals surface area contributed by atoms with Gasteiger partial charge in [-0.15, -0.1) is 0 Å². The van der Waals surface area contributed by atoms with E-state index in [-0.39, 0.29) is 6.04 Å². The third kappa shape index (κ3) is 5.05. The fourth-order valence-electron chi connectivity index (χ4n) is 2.85. The number of furan rings is 1. The first kappa shape index (κ1) is 18.4. The molecule has 2 aromatic carbocycles. The molecule has 0 radical (unpaired) electrons. The molecule has 27 heavy (non-hydrogen) atoms. The first-order chi connectivity index (χ1) is 13.3. The van der Waals surface area contributed by atoms with Crippen LogP contribution in [0.5, 0.6) is 0 Å². The van der Waals surface area contributed by atoms with Crippen LogP contribution in [0.25, 0.3) is 0 Å². The molecule has 0 aliphatic heterocycles. The van der Waals surface area contributed by atoms with Crippen LogP contribution in [0.1, 0.15) is 22.9 Å². The molecule has 3 N–H and O–H groups in total. The van der Waals surface area contributed by atoms with E-state index < -0.39 is 0 Å². The quantitative estimate of drug-likeness (QED) is 0.337. The first-order valence-corrected chi connectivity index (χ1v) is 8.69. The summed E-state index contributed by atoms with van der Waals surface area (Å²) in [6.07, 6.45) is 1.66. The van der Waals surface area contributed by atoms with Gasteiger partial charge in [0.25, 0.3) is 0 Å². The van der Waals surface area contributed by atoms with Crippen molar-refractivity contribution in [3.05, 3.63) is 108 Å². The van der Waals surface area contributed by atoms with Gasteiger partial charge in [-0.3, -0.25) is 5.32 Å². The summed E-state index contributed by atoms with van der Waals surface area (Å²) in [7, 11) is 0. The molecule has 6 heteroatoms. The maximum atomic E-state index is 5.44. The van der Waals surface area contributed by atoms with E-state index in [1.807, 2.05) is 72.8 Å². The molecule has 3 rings (SSSR count). The van der Waals surface area contributed by atoms with Crippen molar-refractivity contribution < 1.29 is 4.42 Å². The Morgan fingerprint density at radius 3 is 2.37 bits per heavy atom. The highest BCUT2D eigenvalue weighted by Crippen LogP contribution is 2.26. The average Bonchev–Trinajstić information content (AvgIpc) is 3.23. The summed E-state index contributed by atoms with van der Waals surface area (Å²) in [6.45, 7) is 5.35. The van der Waals surface area contributed by atoms with Gasteiger partial charge in [0.15, 0.2) is 0 Å². The lowest BCUT2D eigenvalue weighted by Gasteiger charge is -2.28. The highest BCUT2D eigenvalue weighted by Gasteiger charge is 2.21. The Morgan fingerprint density at radius 1 is 1.04 bits per heavy atom. The van der Waals surface area contributed by atoms with Crippen LogP contribution in [0.2, 0.25) is 0 Å². The minimum Gasteiger partial charge on any atom is -0.468 e. The zero-order valence-electron chi connectivity index (χ0n) is 15.0. The van der Waals surface area contributed by atoms with Crippen LogP contribution < -0.4 is 11.2 Å². The Morgan fingerprint density at radius 2 is 1.74 bits per heavy atom. The van der Waals surface area contributed by atoms with E-state index in [9.17, 15) is 0 Å². The van der Waals surface area contributed by atoms with Crippen LogP contribution in [-0.4, -0.2) is 5.01 Å². The largest absolute Gasteiger partial charge is 0.468 e. The Kier molecular flexibility index (Phi) is 6.38. The maximum absolute atomic E-state index is 5.44. The Hall–Kier alpha value is -3.38. The van der Waals surface area contributed by atoms with Gasteiger partial charge in [0.2, 0.25) is 0 Å². The standard InChI is InChI=1S/C21H23N5O/c1-17(26(25-24-22)16-18-9-4-2-5-10-18)21(19-11-6-3-7-12-19)23-15-20-13-8-14-27-20/h2-14,21,23H,1,15-16H2,(H2,22,25). The van der Waals surface area contributed by atoms with Gasteiger partial charge in [0.1, 0.15) is 5.76 Å².